The number of carbonyl (C=O) groups excluding carboxylic acids is 1. The number of rotatable bonds is 12. The largest absolute Gasteiger partial charge is 0.496 e. The molecule has 1 rings (SSSR count). The molecule has 0 radical (unpaired) electrons. The van der Waals surface area contributed by atoms with Crippen LogP contribution in [-0.4, -0.2) is 51.2 Å². The summed E-state index contributed by atoms with van der Waals surface area (Å²) in [5.41, 5.74) is 5.80. The van der Waals surface area contributed by atoms with E-state index in [1.165, 1.54) is 14.2 Å². The smallest absolute Gasteiger partial charge is 0.404 e. The van der Waals surface area contributed by atoms with Crippen molar-refractivity contribution in [3.05, 3.63) is 17.7 Å². The fourth-order valence-electron chi connectivity index (χ4n) is 2.44. The van der Waals surface area contributed by atoms with Gasteiger partial charge in [-0.05, 0) is 18.6 Å². The highest BCUT2D eigenvalue weighted by Gasteiger charge is 2.22. The standard InChI is InChI=1S/C18H26F3NO4S/c1-4-12(26-18(22)23)7-11-8-16(25-3)17(9-15(11)24-2)27-10-14(21)13(20)5-6-19/h8-9,12-14H,4-7,10H2,1-3H3,(H2,22,23). The molecule has 0 spiro atoms. The second kappa shape index (κ2) is 11.8. The molecule has 0 aliphatic rings. The van der Waals surface area contributed by atoms with Crippen LogP contribution in [0, 0.1) is 0 Å². The van der Waals surface area contributed by atoms with Gasteiger partial charge in [-0.15, -0.1) is 11.8 Å². The van der Waals surface area contributed by atoms with E-state index < -0.39 is 37.6 Å². The summed E-state index contributed by atoms with van der Waals surface area (Å²) in [4.78, 5) is 11.6. The van der Waals surface area contributed by atoms with Crippen LogP contribution >= 0.6 is 11.8 Å². The van der Waals surface area contributed by atoms with Crippen molar-refractivity contribution in [2.75, 3.05) is 26.6 Å². The maximum absolute atomic E-state index is 13.8. The lowest BCUT2D eigenvalue weighted by molar-refractivity contribution is 0.104. The maximum Gasteiger partial charge on any atom is 0.404 e. The Kier molecular flexibility index (Phi) is 10.2. The number of nitrogens with two attached hydrogens (primary N) is 1. The lowest BCUT2D eigenvalue weighted by atomic mass is 10.0. The minimum atomic E-state index is -1.84. The van der Waals surface area contributed by atoms with Crippen molar-refractivity contribution < 1.29 is 32.2 Å². The monoisotopic (exact) mass is 409 g/mol. The number of thioether (sulfide) groups is 1. The van der Waals surface area contributed by atoms with E-state index in [9.17, 15) is 18.0 Å². The summed E-state index contributed by atoms with van der Waals surface area (Å²) >= 11 is 1.06. The SMILES string of the molecule is CCC(Cc1cc(OC)c(SCC(F)C(F)CCF)cc1OC)OC(N)=O. The van der Waals surface area contributed by atoms with Gasteiger partial charge in [-0.2, -0.15) is 0 Å². The summed E-state index contributed by atoms with van der Waals surface area (Å²) < 4.78 is 55.2. The average Bonchev–Trinajstić information content (AvgIpc) is 2.65. The molecule has 0 aliphatic carbocycles. The normalized spacial score (nSPS) is 14.3. The molecule has 1 aromatic carbocycles. The molecule has 5 nitrogen and oxygen atoms in total. The van der Waals surface area contributed by atoms with Crippen LogP contribution in [0.1, 0.15) is 25.3 Å². The van der Waals surface area contributed by atoms with E-state index in [-0.39, 0.29) is 5.75 Å². The molecule has 0 fully saturated rings. The molecule has 0 saturated heterocycles. The van der Waals surface area contributed by atoms with Gasteiger partial charge >= 0.3 is 6.09 Å². The van der Waals surface area contributed by atoms with Crippen LogP contribution in [0.15, 0.2) is 17.0 Å². The lowest BCUT2D eigenvalue weighted by Crippen LogP contribution is -2.24. The molecule has 2 N–H and O–H groups in total. The predicted molar refractivity (Wildman–Crippen MR) is 99.1 cm³/mol. The molecule has 0 bridgehead atoms. The molecule has 154 valence electrons. The highest BCUT2D eigenvalue weighted by molar-refractivity contribution is 7.99. The first-order chi connectivity index (χ1) is 12.9. The Morgan fingerprint density at radius 2 is 1.85 bits per heavy atom. The molecule has 1 amide bonds. The number of hydrogen-bond donors (Lipinski definition) is 1. The van der Waals surface area contributed by atoms with Crippen molar-refractivity contribution >= 4 is 17.9 Å². The highest BCUT2D eigenvalue weighted by atomic mass is 32.2. The van der Waals surface area contributed by atoms with Crippen molar-refractivity contribution in [2.24, 2.45) is 5.73 Å². The number of ether oxygens (including phenoxy) is 3. The number of methoxy groups -OCH3 is 2. The van der Waals surface area contributed by atoms with Gasteiger partial charge in [-0.1, -0.05) is 6.92 Å². The Balaban J connectivity index is 2.96. The number of alkyl halides is 3. The maximum atomic E-state index is 13.8. The van der Waals surface area contributed by atoms with E-state index in [2.05, 4.69) is 0 Å². The van der Waals surface area contributed by atoms with Crippen LogP contribution in [0.25, 0.3) is 0 Å². The van der Waals surface area contributed by atoms with E-state index in [1.54, 1.807) is 12.1 Å². The molecule has 3 unspecified atom stereocenters. The molecule has 27 heavy (non-hydrogen) atoms. The number of primary amides is 1. The quantitative estimate of drug-likeness (QED) is 0.523. The molecule has 0 heterocycles. The predicted octanol–water partition coefficient (Wildman–Crippen LogP) is 4.25. The zero-order valence-corrected chi connectivity index (χ0v) is 16.5. The zero-order chi connectivity index (χ0) is 20.4. The Bertz CT molecular complexity index is 606. The number of amides is 1. The van der Waals surface area contributed by atoms with Crippen molar-refractivity contribution in [3.63, 3.8) is 0 Å². The van der Waals surface area contributed by atoms with Crippen molar-refractivity contribution in [1.82, 2.24) is 0 Å². The topological polar surface area (TPSA) is 70.8 Å². The first-order valence-electron chi connectivity index (χ1n) is 8.54. The molecule has 0 aliphatic heterocycles. The molecule has 1 aromatic rings. The fraction of sp³-hybridized carbons (Fsp3) is 0.611. The van der Waals surface area contributed by atoms with Gasteiger partial charge in [0.15, 0.2) is 0 Å². The van der Waals surface area contributed by atoms with Gasteiger partial charge in [0.25, 0.3) is 0 Å². The van der Waals surface area contributed by atoms with Crippen LogP contribution in [0.3, 0.4) is 0 Å². The molecule has 3 atom stereocenters. The Hall–Kier alpha value is -1.77. The van der Waals surface area contributed by atoms with Gasteiger partial charge in [0.1, 0.15) is 29.9 Å². The van der Waals surface area contributed by atoms with Crippen molar-refractivity contribution in [1.29, 1.82) is 0 Å². The lowest BCUT2D eigenvalue weighted by Gasteiger charge is -2.19. The third-order valence-corrected chi connectivity index (χ3v) is 5.04. The molecular weight excluding hydrogens is 383 g/mol. The van der Waals surface area contributed by atoms with Crippen LogP contribution < -0.4 is 15.2 Å². The van der Waals surface area contributed by atoms with Crippen molar-refractivity contribution in [3.8, 4) is 11.5 Å². The van der Waals surface area contributed by atoms with Crippen LogP contribution in [0.5, 0.6) is 11.5 Å². The average molecular weight is 409 g/mol. The van der Waals surface area contributed by atoms with Crippen LogP contribution in [-0.2, 0) is 11.2 Å². The van der Waals surface area contributed by atoms with Gasteiger partial charge in [0.05, 0.1) is 25.8 Å². The number of halogens is 3. The summed E-state index contributed by atoms with van der Waals surface area (Å²) in [6, 6.07) is 3.36. The molecule has 9 heteroatoms. The number of carbonyl (C=O) groups is 1. The Morgan fingerprint density at radius 1 is 1.19 bits per heavy atom. The van der Waals surface area contributed by atoms with Crippen LogP contribution in [0.2, 0.25) is 0 Å². The molecule has 0 aromatic heterocycles. The summed E-state index contributed by atoms with van der Waals surface area (Å²) in [6.07, 6.45) is -4.45. The highest BCUT2D eigenvalue weighted by Crippen LogP contribution is 2.37. The summed E-state index contributed by atoms with van der Waals surface area (Å²) in [7, 11) is 2.94. The third kappa shape index (κ3) is 7.40. The van der Waals surface area contributed by atoms with E-state index >= 15 is 0 Å². The minimum absolute atomic E-state index is 0.178. The second-order valence-corrected chi connectivity index (χ2v) is 6.87. The van der Waals surface area contributed by atoms with E-state index in [0.717, 1.165) is 17.3 Å². The van der Waals surface area contributed by atoms with E-state index in [0.29, 0.717) is 29.2 Å². The van der Waals surface area contributed by atoms with Crippen LogP contribution in [0.4, 0.5) is 18.0 Å². The first-order valence-corrected chi connectivity index (χ1v) is 9.52. The van der Waals surface area contributed by atoms with Crippen molar-refractivity contribution in [2.45, 2.75) is 49.5 Å². The zero-order valence-electron chi connectivity index (χ0n) is 15.7. The first kappa shape index (κ1) is 23.3. The Labute approximate surface area is 161 Å². The van der Waals surface area contributed by atoms with E-state index in [1.807, 2.05) is 6.92 Å². The summed E-state index contributed by atoms with van der Waals surface area (Å²) in [5.74, 6) is 0.779. The van der Waals surface area contributed by atoms with Gasteiger partial charge in [-0.3, -0.25) is 4.39 Å². The summed E-state index contributed by atoms with van der Waals surface area (Å²) in [6.45, 7) is 0.956. The fourth-order valence-corrected chi connectivity index (χ4v) is 3.47. The summed E-state index contributed by atoms with van der Waals surface area (Å²) in [5, 5.41) is 0. The number of hydrogen-bond acceptors (Lipinski definition) is 5. The Morgan fingerprint density at radius 3 is 2.37 bits per heavy atom. The molecule has 0 saturated carbocycles. The van der Waals surface area contributed by atoms with Gasteiger partial charge in [0.2, 0.25) is 0 Å². The van der Waals surface area contributed by atoms with Gasteiger partial charge in [-0.25, -0.2) is 13.6 Å². The van der Waals surface area contributed by atoms with Gasteiger partial charge < -0.3 is 19.9 Å². The molecular formula is C18H26F3NO4S. The third-order valence-electron chi connectivity index (χ3n) is 3.93. The van der Waals surface area contributed by atoms with Gasteiger partial charge in [0, 0.05) is 24.2 Å². The van der Waals surface area contributed by atoms with E-state index in [4.69, 9.17) is 19.9 Å². The number of benzene rings is 1. The minimum Gasteiger partial charge on any atom is -0.496 e. The second-order valence-electron chi connectivity index (χ2n) is 5.81.